The van der Waals surface area contributed by atoms with Crippen molar-refractivity contribution in [1.29, 1.82) is 0 Å². The van der Waals surface area contributed by atoms with E-state index in [2.05, 4.69) is 37.5 Å². The zero-order chi connectivity index (χ0) is 56.2. The standard InChI is InChI=1S/C21H24N2O4.C21H26N2O2.C13H8N2O4.C2H6O.CH4.2ClH.HI.Sn/c1-3-5-11-22(12-6-4-2)15-7-9-17-19(13-15)27-20-14-16(23(25)26)8-10-18(20)21(17)24;1-3-5-11-23(12-6-4-2)16-8-10-18-20(14-16)25-19-13-15(22)7-9-17(19)21(18)24;14-7-1-3-9-11(5-7)19-12-6-8(15(17)18)2-4-10(12)13(9)16;1-2-3;;;;;/h7-10,13-14H,3-6,11-12H2,1-2H3;7-10,13-14H,3-6,11-12,22H2,1-2H3;1-6H,14H2;3H,2H2,1H3;1H4;3*1H;/q;;;;;;;;+2/p-2. The number of rotatable bonds is 16. The number of nitrogen functional groups attached to an aromatic ring is 2. The molecule has 0 spiro atoms. The molecule has 9 rings (SSSR count). The molecule has 0 saturated heterocycles. The van der Waals surface area contributed by atoms with Crippen molar-refractivity contribution < 1.29 is 28.2 Å². The number of non-ortho nitro benzene ring substituents is 2. The third kappa shape index (κ3) is 17.9. The van der Waals surface area contributed by atoms with Gasteiger partial charge >= 0.3 is 36.7 Å². The van der Waals surface area contributed by atoms with Crippen LogP contribution in [0.5, 0.6) is 0 Å². The van der Waals surface area contributed by atoms with E-state index in [9.17, 15) is 34.6 Å². The van der Waals surface area contributed by atoms with Gasteiger partial charge in [-0.2, -0.15) is 0 Å². The molecular weight excluding hydrogens is 1270 g/mol. The molecule has 3 aromatic heterocycles. The van der Waals surface area contributed by atoms with Gasteiger partial charge in [0.05, 0.1) is 54.3 Å². The van der Waals surface area contributed by atoms with Crippen molar-refractivity contribution >= 4 is 161 Å². The summed E-state index contributed by atoms with van der Waals surface area (Å²) in [7, 11) is 9.87. The fourth-order valence-electron chi connectivity index (χ4n) is 8.30. The van der Waals surface area contributed by atoms with Crippen LogP contribution in [0.1, 0.15) is 93.4 Å². The van der Waals surface area contributed by atoms with Crippen LogP contribution in [-0.2, 0) is 0 Å². The SMILES string of the molecule is C.CCCCN(CCCC)c1ccc2c(=O)c3ccc(N)cc3oc2c1.CCCCN(CCCC)c1ccc2c(=O)c3ccc([N+](=O)[O-])cc3oc2c1.CCO.I.Nc1ccc2c(=O)c3ccc([N+](=O)[O-])cc3oc2c1.[Cl][Sn][Cl]. The van der Waals surface area contributed by atoms with E-state index in [-0.39, 0.29) is 76.8 Å². The van der Waals surface area contributed by atoms with Crippen LogP contribution in [0.3, 0.4) is 0 Å². The van der Waals surface area contributed by atoms with Crippen molar-refractivity contribution in [2.45, 2.75) is 93.4 Å². The topological polar surface area (TPSA) is 256 Å². The number of nitro benzene ring substituents is 2. The predicted molar refractivity (Wildman–Crippen MR) is 339 cm³/mol. The number of unbranched alkanes of at least 4 members (excludes halogenated alkanes) is 4. The van der Waals surface area contributed by atoms with E-state index in [1.165, 1.54) is 42.5 Å². The molecule has 0 amide bonds. The average Bonchev–Trinajstić information content (AvgIpc) is 3.46. The number of nitro groups is 2. The fraction of sp³-hybridized carbons (Fsp3) is 0.328. The van der Waals surface area contributed by atoms with Gasteiger partial charge in [0.15, 0.2) is 0 Å². The minimum absolute atomic E-state index is 0. The van der Waals surface area contributed by atoms with Gasteiger partial charge in [-0.15, -0.1) is 24.0 Å². The first kappa shape index (κ1) is 67.1. The number of aliphatic hydroxyl groups is 1. The second-order valence-corrected chi connectivity index (χ2v) is 22.1. The summed E-state index contributed by atoms with van der Waals surface area (Å²) < 4.78 is 17.4. The Labute approximate surface area is 492 Å². The van der Waals surface area contributed by atoms with Crippen LogP contribution in [0, 0.1) is 20.2 Å². The molecule has 0 fully saturated rings. The second-order valence-electron chi connectivity index (χ2n) is 17.8. The van der Waals surface area contributed by atoms with Crippen LogP contribution in [0.2, 0.25) is 0 Å². The zero-order valence-electron chi connectivity index (χ0n) is 44.2. The van der Waals surface area contributed by atoms with Crippen LogP contribution in [0.15, 0.2) is 137 Å². The number of hydrogen-bond donors (Lipinski definition) is 3. The van der Waals surface area contributed by atoms with Gasteiger partial charge in [0, 0.05) is 91.9 Å². The summed E-state index contributed by atoms with van der Waals surface area (Å²) >= 11 is -0.826. The summed E-state index contributed by atoms with van der Waals surface area (Å²) in [6.45, 7) is 14.6. The Morgan fingerprint density at radius 3 is 0.987 bits per heavy atom. The molecule has 5 N–H and O–H groups in total. The predicted octanol–water partition coefficient (Wildman–Crippen LogP) is 14.9. The summed E-state index contributed by atoms with van der Waals surface area (Å²) in [5.74, 6) is 0. The van der Waals surface area contributed by atoms with Crippen LogP contribution >= 0.6 is 41.8 Å². The molecule has 6 aromatic carbocycles. The van der Waals surface area contributed by atoms with Crippen molar-refractivity contribution in [2.75, 3.05) is 54.1 Å². The summed E-state index contributed by atoms with van der Waals surface area (Å²) in [6.07, 6.45) is 9.04. The van der Waals surface area contributed by atoms with Crippen LogP contribution in [0.4, 0.5) is 34.1 Å². The molecule has 79 heavy (non-hydrogen) atoms. The average molecular weight is 1340 g/mol. The van der Waals surface area contributed by atoms with Crippen LogP contribution < -0.4 is 37.6 Å². The summed E-state index contributed by atoms with van der Waals surface area (Å²) in [4.78, 5) is 63.1. The van der Waals surface area contributed by atoms with E-state index < -0.39 is 28.7 Å². The maximum atomic E-state index is 12.8. The van der Waals surface area contributed by atoms with Gasteiger partial charge < -0.3 is 39.6 Å². The van der Waals surface area contributed by atoms with Gasteiger partial charge in [0.2, 0.25) is 16.3 Å². The Bertz CT molecular complexity index is 3640. The molecule has 0 unspecified atom stereocenters. The van der Waals surface area contributed by atoms with E-state index in [1.54, 1.807) is 43.3 Å². The number of fused-ring (bicyclic) bond motifs is 6. The number of aliphatic hydroxyl groups excluding tert-OH is 1. The molecule has 17 nitrogen and oxygen atoms in total. The number of hydrogen-bond acceptors (Lipinski definition) is 15. The Balaban J connectivity index is 0.000000296. The Hall–Kier alpha value is -6.20. The third-order valence-electron chi connectivity index (χ3n) is 12.3. The van der Waals surface area contributed by atoms with Crippen molar-refractivity contribution in [2.24, 2.45) is 0 Å². The number of benzene rings is 6. The maximum absolute atomic E-state index is 12.8. The molecule has 0 aliphatic carbocycles. The Morgan fingerprint density at radius 2 is 0.722 bits per heavy atom. The normalized spacial score (nSPS) is 10.5. The van der Waals surface area contributed by atoms with E-state index in [4.69, 9.17) is 47.7 Å². The first-order valence-electron chi connectivity index (χ1n) is 25.5. The first-order valence-corrected chi connectivity index (χ1v) is 32.7. The molecule has 422 valence electrons. The van der Waals surface area contributed by atoms with Crippen molar-refractivity contribution in [1.82, 2.24) is 0 Å². The fourth-order valence-corrected chi connectivity index (χ4v) is 8.30. The summed E-state index contributed by atoms with van der Waals surface area (Å²) in [6, 6.07) is 29.5. The number of nitrogens with zero attached hydrogens (tertiary/aromatic N) is 4. The quantitative estimate of drug-likeness (QED) is 0.0203. The van der Waals surface area contributed by atoms with Crippen LogP contribution in [-0.4, -0.2) is 66.6 Å². The van der Waals surface area contributed by atoms with E-state index >= 15 is 0 Å². The second kappa shape index (κ2) is 33.4. The van der Waals surface area contributed by atoms with E-state index in [0.717, 1.165) is 88.9 Å². The molecule has 0 atom stereocenters. The molecule has 21 heteroatoms. The molecule has 0 aliphatic rings. The Morgan fingerprint density at radius 1 is 0.481 bits per heavy atom. The third-order valence-corrected chi connectivity index (χ3v) is 12.3. The molecule has 3 heterocycles. The van der Waals surface area contributed by atoms with Crippen molar-refractivity contribution in [3.8, 4) is 0 Å². The number of anilines is 4. The minimum atomic E-state index is -0.826. The molecular formula is C58H69Cl2IN6O11Sn. The molecule has 9 aromatic rings. The van der Waals surface area contributed by atoms with Gasteiger partial charge in [-0.05, 0) is 93.3 Å². The van der Waals surface area contributed by atoms with Crippen molar-refractivity contribution in [3.05, 3.63) is 160 Å². The molecule has 0 bridgehead atoms. The first-order chi connectivity index (χ1) is 37.1. The number of nitrogens with two attached hydrogens (primary N) is 2. The monoisotopic (exact) mass is 1340 g/mol. The molecule has 0 saturated carbocycles. The Kier molecular flexibility index (Phi) is 28.4. The van der Waals surface area contributed by atoms with Crippen LogP contribution in [0.25, 0.3) is 65.8 Å². The van der Waals surface area contributed by atoms with Gasteiger partial charge in [0.1, 0.15) is 33.5 Å². The van der Waals surface area contributed by atoms with Gasteiger partial charge in [-0.3, -0.25) is 34.6 Å². The van der Waals surface area contributed by atoms with Gasteiger partial charge in [-0.25, -0.2) is 0 Å². The molecule has 2 radical (unpaired) electrons. The summed E-state index contributed by atoms with van der Waals surface area (Å²) in [5.41, 5.74) is 16.4. The van der Waals surface area contributed by atoms with Gasteiger partial charge in [-0.1, -0.05) is 60.8 Å². The summed E-state index contributed by atoms with van der Waals surface area (Å²) in [5, 5.41) is 32.0. The number of halogens is 3. The zero-order valence-corrected chi connectivity index (χ0v) is 50.9. The van der Waals surface area contributed by atoms with E-state index in [0.29, 0.717) is 66.0 Å². The van der Waals surface area contributed by atoms with Crippen molar-refractivity contribution in [3.63, 3.8) is 0 Å². The van der Waals surface area contributed by atoms with E-state index in [1.807, 2.05) is 30.3 Å². The molecule has 0 aliphatic heterocycles. The van der Waals surface area contributed by atoms with Gasteiger partial charge in [0.25, 0.3) is 11.4 Å².